The van der Waals surface area contributed by atoms with Crippen molar-refractivity contribution in [3.05, 3.63) is 15.9 Å². The summed E-state index contributed by atoms with van der Waals surface area (Å²) in [6.45, 7) is 3.15. The van der Waals surface area contributed by atoms with E-state index in [4.69, 9.17) is 0 Å². The van der Waals surface area contributed by atoms with E-state index in [1.165, 1.54) is 48.0 Å². The SMILES string of the molecule is CCc1nn(C)c(CN(C)C2CCCCC2)c1Br. The standard InChI is InChI=1S/C14H24BrN3/c1-4-12-14(15)13(18(3)16-12)10-17(2)11-8-6-5-7-9-11/h11H,4-10H2,1-3H3. The summed E-state index contributed by atoms with van der Waals surface area (Å²) in [5, 5.41) is 4.57. The fourth-order valence-corrected chi connectivity index (χ4v) is 3.62. The number of rotatable bonds is 4. The number of nitrogens with zero attached hydrogens (tertiary/aromatic N) is 3. The van der Waals surface area contributed by atoms with Crippen LogP contribution in [0.5, 0.6) is 0 Å². The van der Waals surface area contributed by atoms with Crippen molar-refractivity contribution in [2.24, 2.45) is 7.05 Å². The molecule has 18 heavy (non-hydrogen) atoms. The zero-order valence-electron chi connectivity index (χ0n) is 11.7. The first-order valence-electron chi connectivity index (χ1n) is 7.04. The summed E-state index contributed by atoms with van der Waals surface area (Å²) in [6.07, 6.45) is 7.89. The van der Waals surface area contributed by atoms with Crippen LogP contribution in [0.2, 0.25) is 0 Å². The lowest BCUT2D eigenvalue weighted by molar-refractivity contribution is 0.180. The monoisotopic (exact) mass is 313 g/mol. The Morgan fingerprint density at radius 2 is 2.00 bits per heavy atom. The highest BCUT2D eigenvalue weighted by Crippen LogP contribution is 2.26. The highest BCUT2D eigenvalue weighted by Gasteiger charge is 2.21. The van der Waals surface area contributed by atoms with Crippen LogP contribution in [-0.2, 0) is 20.0 Å². The minimum atomic E-state index is 0.755. The highest BCUT2D eigenvalue weighted by atomic mass is 79.9. The second kappa shape index (κ2) is 6.20. The molecule has 1 heterocycles. The Morgan fingerprint density at radius 3 is 2.56 bits per heavy atom. The fourth-order valence-electron chi connectivity index (χ4n) is 2.88. The maximum Gasteiger partial charge on any atom is 0.0767 e. The quantitative estimate of drug-likeness (QED) is 0.848. The van der Waals surface area contributed by atoms with Gasteiger partial charge in [0.05, 0.1) is 15.9 Å². The number of halogens is 1. The van der Waals surface area contributed by atoms with Gasteiger partial charge in [0.1, 0.15) is 0 Å². The first-order valence-corrected chi connectivity index (χ1v) is 7.83. The summed E-state index contributed by atoms with van der Waals surface area (Å²) in [4.78, 5) is 2.50. The Labute approximate surface area is 119 Å². The maximum absolute atomic E-state index is 4.57. The molecule has 0 N–H and O–H groups in total. The molecule has 0 radical (unpaired) electrons. The van der Waals surface area contributed by atoms with Crippen molar-refractivity contribution in [2.75, 3.05) is 7.05 Å². The number of aromatic nitrogens is 2. The first-order chi connectivity index (χ1) is 8.63. The largest absolute Gasteiger partial charge is 0.298 e. The maximum atomic E-state index is 4.57. The molecule has 2 rings (SSSR count). The van der Waals surface area contributed by atoms with E-state index in [1.807, 2.05) is 11.7 Å². The number of aryl methyl sites for hydroxylation is 2. The summed E-state index contributed by atoms with van der Waals surface area (Å²) in [6, 6.07) is 0.755. The molecule has 102 valence electrons. The highest BCUT2D eigenvalue weighted by molar-refractivity contribution is 9.10. The Hall–Kier alpha value is -0.350. The molecule has 1 aromatic rings. The van der Waals surface area contributed by atoms with Crippen LogP contribution >= 0.6 is 15.9 Å². The minimum Gasteiger partial charge on any atom is -0.298 e. The summed E-state index contributed by atoms with van der Waals surface area (Å²) < 4.78 is 3.23. The fraction of sp³-hybridized carbons (Fsp3) is 0.786. The average molecular weight is 314 g/mol. The third-order valence-corrected chi connectivity index (χ3v) is 5.02. The Morgan fingerprint density at radius 1 is 1.33 bits per heavy atom. The van der Waals surface area contributed by atoms with Gasteiger partial charge in [0.2, 0.25) is 0 Å². The van der Waals surface area contributed by atoms with Crippen molar-refractivity contribution in [3.8, 4) is 0 Å². The molecule has 0 spiro atoms. The van der Waals surface area contributed by atoms with Crippen LogP contribution in [0.25, 0.3) is 0 Å². The molecular weight excluding hydrogens is 290 g/mol. The van der Waals surface area contributed by atoms with Gasteiger partial charge in [-0.05, 0) is 42.2 Å². The van der Waals surface area contributed by atoms with Gasteiger partial charge in [0, 0.05) is 19.6 Å². The molecule has 1 aliphatic rings. The van der Waals surface area contributed by atoms with Gasteiger partial charge in [0.25, 0.3) is 0 Å². The van der Waals surface area contributed by atoms with Gasteiger partial charge in [-0.1, -0.05) is 26.2 Å². The Balaban J connectivity index is 2.06. The molecule has 1 fully saturated rings. The molecule has 1 aromatic heterocycles. The van der Waals surface area contributed by atoms with Crippen molar-refractivity contribution in [1.29, 1.82) is 0 Å². The normalized spacial score (nSPS) is 17.6. The van der Waals surface area contributed by atoms with Crippen LogP contribution in [0.4, 0.5) is 0 Å². The van der Waals surface area contributed by atoms with Crippen molar-refractivity contribution >= 4 is 15.9 Å². The first kappa shape index (κ1) is 14.1. The second-order valence-electron chi connectivity index (χ2n) is 5.39. The molecule has 0 aliphatic heterocycles. The van der Waals surface area contributed by atoms with E-state index in [0.29, 0.717) is 0 Å². The van der Waals surface area contributed by atoms with Crippen LogP contribution in [0.1, 0.15) is 50.4 Å². The van der Waals surface area contributed by atoms with E-state index in [2.05, 4.69) is 39.9 Å². The van der Waals surface area contributed by atoms with Crippen molar-refractivity contribution in [2.45, 2.75) is 58.0 Å². The van der Waals surface area contributed by atoms with Gasteiger partial charge in [-0.25, -0.2) is 0 Å². The lowest BCUT2D eigenvalue weighted by Crippen LogP contribution is -2.33. The van der Waals surface area contributed by atoms with Crippen LogP contribution in [0.3, 0.4) is 0 Å². The van der Waals surface area contributed by atoms with E-state index in [0.717, 1.165) is 19.0 Å². The predicted molar refractivity (Wildman–Crippen MR) is 78.6 cm³/mol. The zero-order valence-corrected chi connectivity index (χ0v) is 13.3. The third-order valence-electron chi connectivity index (χ3n) is 4.10. The summed E-state index contributed by atoms with van der Waals surface area (Å²) in [7, 11) is 4.30. The van der Waals surface area contributed by atoms with E-state index < -0.39 is 0 Å². The van der Waals surface area contributed by atoms with E-state index in [-0.39, 0.29) is 0 Å². The van der Waals surface area contributed by atoms with Gasteiger partial charge in [-0.15, -0.1) is 0 Å². The second-order valence-corrected chi connectivity index (χ2v) is 6.18. The van der Waals surface area contributed by atoms with E-state index in [1.54, 1.807) is 0 Å². The molecule has 0 unspecified atom stereocenters. The summed E-state index contributed by atoms with van der Waals surface area (Å²) in [5.74, 6) is 0. The lowest BCUT2D eigenvalue weighted by atomic mass is 9.94. The topological polar surface area (TPSA) is 21.1 Å². The van der Waals surface area contributed by atoms with E-state index in [9.17, 15) is 0 Å². The molecule has 0 amide bonds. The molecule has 0 saturated heterocycles. The molecule has 1 saturated carbocycles. The minimum absolute atomic E-state index is 0.755. The summed E-state index contributed by atoms with van der Waals surface area (Å²) in [5.41, 5.74) is 2.48. The smallest absolute Gasteiger partial charge is 0.0767 e. The molecule has 4 heteroatoms. The van der Waals surface area contributed by atoms with Crippen LogP contribution in [0, 0.1) is 0 Å². The zero-order chi connectivity index (χ0) is 13.1. The Bertz CT molecular complexity index is 394. The number of hydrogen-bond acceptors (Lipinski definition) is 2. The average Bonchev–Trinajstić information content (AvgIpc) is 2.67. The van der Waals surface area contributed by atoms with Gasteiger partial charge in [-0.2, -0.15) is 5.10 Å². The molecule has 0 bridgehead atoms. The van der Waals surface area contributed by atoms with Crippen molar-refractivity contribution in [3.63, 3.8) is 0 Å². The van der Waals surface area contributed by atoms with Crippen LogP contribution in [-0.4, -0.2) is 27.8 Å². The summed E-state index contributed by atoms with van der Waals surface area (Å²) >= 11 is 3.70. The van der Waals surface area contributed by atoms with Gasteiger partial charge in [0.15, 0.2) is 0 Å². The molecule has 0 atom stereocenters. The molecule has 3 nitrogen and oxygen atoms in total. The predicted octanol–water partition coefficient (Wildman–Crippen LogP) is 3.51. The third kappa shape index (κ3) is 2.97. The number of hydrogen-bond donors (Lipinski definition) is 0. The van der Waals surface area contributed by atoms with Crippen LogP contribution in [0.15, 0.2) is 4.47 Å². The van der Waals surface area contributed by atoms with Gasteiger partial charge >= 0.3 is 0 Å². The van der Waals surface area contributed by atoms with Crippen molar-refractivity contribution < 1.29 is 0 Å². The van der Waals surface area contributed by atoms with E-state index >= 15 is 0 Å². The molecule has 0 aromatic carbocycles. The van der Waals surface area contributed by atoms with Gasteiger partial charge < -0.3 is 0 Å². The van der Waals surface area contributed by atoms with Crippen molar-refractivity contribution in [1.82, 2.24) is 14.7 Å². The van der Waals surface area contributed by atoms with Gasteiger partial charge in [-0.3, -0.25) is 9.58 Å². The molecular formula is C14H24BrN3. The Kier molecular flexibility index (Phi) is 4.84. The van der Waals surface area contributed by atoms with Crippen LogP contribution < -0.4 is 0 Å². The molecule has 1 aliphatic carbocycles. The lowest BCUT2D eigenvalue weighted by Gasteiger charge is -2.31.